The number of carbonyl (C=O) groups is 1. The van der Waals surface area contributed by atoms with Crippen LogP contribution in [0.25, 0.3) is 10.9 Å². The third kappa shape index (κ3) is 2.53. The van der Waals surface area contributed by atoms with Crippen molar-refractivity contribution in [1.29, 1.82) is 0 Å². The fraction of sp³-hybridized carbons (Fsp3) is 0.250. The maximum Gasteiger partial charge on any atom is 0.221 e. The standard InChI is InChI=1S/C12H13FN4O/c1-14-10(18)5-6-15-12-8-3-2-4-9(13)11(8)16-7-17-12/h2-4,7H,5-6H2,1H3,(H,14,18)(H,15,16,17). The van der Waals surface area contributed by atoms with E-state index < -0.39 is 0 Å². The first-order valence-electron chi connectivity index (χ1n) is 5.56. The molecular formula is C12H13FN4O. The SMILES string of the molecule is CNC(=O)CCNc1ncnc2c(F)cccc12. The maximum absolute atomic E-state index is 13.5. The Morgan fingerprint density at radius 2 is 2.22 bits per heavy atom. The van der Waals surface area contributed by atoms with Crippen molar-refractivity contribution in [3.63, 3.8) is 0 Å². The molecule has 0 spiro atoms. The van der Waals surface area contributed by atoms with Crippen LogP contribution in [0, 0.1) is 5.82 Å². The van der Waals surface area contributed by atoms with Gasteiger partial charge in [0, 0.05) is 25.4 Å². The lowest BCUT2D eigenvalue weighted by Crippen LogP contribution is -2.21. The third-order valence-electron chi connectivity index (χ3n) is 2.54. The number of fused-ring (bicyclic) bond motifs is 1. The molecular weight excluding hydrogens is 235 g/mol. The van der Waals surface area contributed by atoms with Crippen LogP contribution >= 0.6 is 0 Å². The predicted molar refractivity (Wildman–Crippen MR) is 66.7 cm³/mol. The zero-order valence-electron chi connectivity index (χ0n) is 9.90. The zero-order chi connectivity index (χ0) is 13.0. The average Bonchev–Trinajstić information content (AvgIpc) is 2.39. The molecule has 2 aromatic rings. The van der Waals surface area contributed by atoms with Crippen molar-refractivity contribution in [1.82, 2.24) is 15.3 Å². The zero-order valence-corrected chi connectivity index (χ0v) is 9.90. The van der Waals surface area contributed by atoms with E-state index >= 15 is 0 Å². The Hall–Kier alpha value is -2.24. The van der Waals surface area contributed by atoms with Crippen LogP contribution in [0.2, 0.25) is 0 Å². The average molecular weight is 248 g/mol. The minimum absolute atomic E-state index is 0.0629. The highest BCUT2D eigenvalue weighted by atomic mass is 19.1. The molecule has 1 heterocycles. The van der Waals surface area contributed by atoms with Crippen molar-refractivity contribution in [3.8, 4) is 0 Å². The first-order valence-corrected chi connectivity index (χ1v) is 5.56. The first-order chi connectivity index (χ1) is 8.72. The van der Waals surface area contributed by atoms with Gasteiger partial charge in [0.2, 0.25) is 5.91 Å². The van der Waals surface area contributed by atoms with E-state index in [0.717, 1.165) is 0 Å². The Morgan fingerprint density at radius 3 is 3.00 bits per heavy atom. The summed E-state index contributed by atoms with van der Waals surface area (Å²) in [6.07, 6.45) is 1.63. The summed E-state index contributed by atoms with van der Waals surface area (Å²) in [6, 6.07) is 4.69. The van der Waals surface area contributed by atoms with Crippen molar-refractivity contribution in [2.24, 2.45) is 0 Å². The van der Waals surface area contributed by atoms with Crippen LogP contribution in [0.3, 0.4) is 0 Å². The van der Waals surface area contributed by atoms with E-state index in [0.29, 0.717) is 24.2 Å². The van der Waals surface area contributed by atoms with Gasteiger partial charge in [-0.2, -0.15) is 0 Å². The fourth-order valence-corrected chi connectivity index (χ4v) is 1.61. The van der Waals surface area contributed by atoms with E-state index in [1.54, 1.807) is 19.2 Å². The number of hydrogen-bond donors (Lipinski definition) is 2. The van der Waals surface area contributed by atoms with Crippen molar-refractivity contribution in [3.05, 3.63) is 30.3 Å². The number of nitrogens with one attached hydrogen (secondary N) is 2. The predicted octanol–water partition coefficient (Wildman–Crippen LogP) is 1.32. The summed E-state index contributed by atoms with van der Waals surface area (Å²) in [4.78, 5) is 19.0. The van der Waals surface area contributed by atoms with Gasteiger partial charge in [-0.3, -0.25) is 4.79 Å². The number of carbonyl (C=O) groups excluding carboxylic acids is 1. The first kappa shape index (κ1) is 12.2. The third-order valence-corrected chi connectivity index (χ3v) is 2.54. The van der Waals surface area contributed by atoms with Crippen LogP contribution in [-0.4, -0.2) is 29.5 Å². The molecule has 0 aliphatic carbocycles. The molecule has 18 heavy (non-hydrogen) atoms. The molecule has 1 amide bonds. The fourth-order valence-electron chi connectivity index (χ4n) is 1.61. The Morgan fingerprint density at radius 1 is 1.39 bits per heavy atom. The number of aromatic nitrogens is 2. The second-order valence-electron chi connectivity index (χ2n) is 3.71. The van der Waals surface area contributed by atoms with Gasteiger partial charge in [-0.15, -0.1) is 0 Å². The summed E-state index contributed by atoms with van der Waals surface area (Å²) in [5.74, 6) is 0.0831. The summed E-state index contributed by atoms with van der Waals surface area (Å²) in [7, 11) is 1.58. The van der Waals surface area contributed by atoms with E-state index in [1.165, 1.54) is 12.4 Å². The van der Waals surface area contributed by atoms with Crippen molar-refractivity contribution < 1.29 is 9.18 Å². The van der Waals surface area contributed by atoms with E-state index in [2.05, 4.69) is 20.6 Å². The molecule has 1 aromatic heterocycles. The van der Waals surface area contributed by atoms with Gasteiger partial charge >= 0.3 is 0 Å². The van der Waals surface area contributed by atoms with Crippen LogP contribution < -0.4 is 10.6 Å². The molecule has 94 valence electrons. The molecule has 0 fully saturated rings. The summed E-state index contributed by atoms with van der Waals surface area (Å²) in [5, 5.41) is 6.13. The van der Waals surface area contributed by atoms with Crippen molar-refractivity contribution in [2.45, 2.75) is 6.42 Å². The van der Waals surface area contributed by atoms with Crippen molar-refractivity contribution in [2.75, 3.05) is 18.9 Å². The summed E-state index contributed by atoms with van der Waals surface area (Å²) < 4.78 is 13.5. The number of hydrogen-bond acceptors (Lipinski definition) is 4. The van der Waals surface area contributed by atoms with Gasteiger partial charge in [-0.1, -0.05) is 6.07 Å². The van der Waals surface area contributed by atoms with Gasteiger partial charge in [0.15, 0.2) is 0 Å². The molecule has 2 rings (SSSR count). The monoisotopic (exact) mass is 248 g/mol. The van der Waals surface area contributed by atoms with Gasteiger partial charge in [0.25, 0.3) is 0 Å². The molecule has 0 bridgehead atoms. The minimum Gasteiger partial charge on any atom is -0.369 e. The highest BCUT2D eigenvalue weighted by Crippen LogP contribution is 2.20. The van der Waals surface area contributed by atoms with Crippen LogP contribution in [0.15, 0.2) is 24.5 Å². The van der Waals surface area contributed by atoms with E-state index in [-0.39, 0.29) is 17.2 Å². The second-order valence-corrected chi connectivity index (χ2v) is 3.71. The van der Waals surface area contributed by atoms with Gasteiger partial charge in [0.05, 0.1) is 0 Å². The Bertz CT molecular complexity index is 573. The number of halogens is 1. The Labute approximate surface area is 103 Å². The van der Waals surface area contributed by atoms with Crippen LogP contribution in [-0.2, 0) is 4.79 Å². The lowest BCUT2D eigenvalue weighted by atomic mass is 10.2. The van der Waals surface area contributed by atoms with Crippen LogP contribution in [0.1, 0.15) is 6.42 Å². The second kappa shape index (κ2) is 5.39. The molecule has 0 unspecified atom stereocenters. The lowest BCUT2D eigenvalue weighted by Gasteiger charge is -2.07. The topological polar surface area (TPSA) is 66.9 Å². The molecule has 5 nitrogen and oxygen atoms in total. The van der Waals surface area contributed by atoms with E-state index in [4.69, 9.17) is 0 Å². The molecule has 0 aliphatic heterocycles. The minimum atomic E-state index is -0.385. The Kier molecular flexibility index (Phi) is 3.66. The summed E-state index contributed by atoms with van der Waals surface area (Å²) >= 11 is 0. The van der Waals surface area contributed by atoms with Crippen LogP contribution in [0.4, 0.5) is 10.2 Å². The van der Waals surface area contributed by atoms with E-state index in [9.17, 15) is 9.18 Å². The van der Waals surface area contributed by atoms with E-state index in [1.807, 2.05) is 0 Å². The molecule has 0 saturated carbocycles. The van der Waals surface area contributed by atoms with Gasteiger partial charge in [-0.05, 0) is 12.1 Å². The molecule has 0 saturated heterocycles. The molecule has 0 radical (unpaired) electrons. The van der Waals surface area contributed by atoms with Gasteiger partial charge in [-0.25, -0.2) is 14.4 Å². The molecule has 0 aliphatic rings. The van der Waals surface area contributed by atoms with Gasteiger partial charge in [0.1, 0.15) is 23.5 Å². The number of para-hydroxylation sites is 1. The number of amides is 1. The number of nitrogens with zero attached hydrogens (tertiary/aromatic N) is 2. The van der Waals surface area contributed by atoms with Crippen molar-refractivity contribution >= 4 is 22.6 Å². The van der Waals surface area contributed by atoms with Gasteiger partial charge < -0.3 is 10.6 Å². The molecule has 0 atom stereocenters. The number of rotatable bonds is 4. The highest BCUT2D eigenvalue weighted by molar-refractivity contribution is 5.89. The quantitative estimate of drug-likeness (QED) is 0.856. The van der Waals surface area contributed by atoms with Crippen LogP contribution in [0.5, 0.6) is 0 Å². The number of benzene rings is 1. The molecule has 1 aromatic carbocycles. The highest BCUT2D eigenvalue weighted by Gasteiger charge is 2.07. The Balaban J connectivity index is 2.18. The molecule has 2 N–H and O–H groups in total. The normalized spacial score (nSPS) is 10.3. The summed E-state index contributed by atoms with van der Waals surface area (Å²) in [6.45, 7) is 0.433. The molecule has 6 heteroatoms. The smallest absolute Gasteiger partial charge is 0.221 e. The largest absolute Gasteiger partial charge is 0.369 e. The maximum atomic E-state index is 13.5. The number of anilines is 1. The lowest BCUT2D eigenvalue weighted by molar-refractivity contribution is -0.120. The summed E-state index contributed by atoms with van der Waals surface area (Å²) in [5.41, 5.74) is 0.273.